The molecule has 0 saturated carbocycles. The van der Waals surface area contributed by atoms with Gasteiger partial charge in [-0.15, -0.1) is 0 Å². The van der Waals surface area contributed by atoms with Crippen molar-refractivity contribution in [3.8, 4) is 0 Å². The van der Waals surface area contributed by atoms with Crippen molar-refractivity contribution in [2.75, 3.05) is 11.0 Å². The van der Waals surface area contributed by atoms with E-state index in [0.29, 0.717) is 5.56 Å². The number of rotatable bonds is 5. The summed E-state index contributed by atoms with van der Waals surface area (Å²) in [5.74, 6) is -1.37. The third-order valence-electron chi connectivity index (χ3n) is 2.08. The number of anilines is 1. The van der Waals surface area contributed by atoms with Crippen LogP contribution in [0.2, 0.25) is 0 Å². The van der Waals surface area contributed by atoms with Crippen LogP contribution in [0.1, 0.15) is 22.8 Å². The zero-order chi connectivity index (χ0) is 13.9. The highest BCUT2D eigenvalue weighted by Crippen LogP contribution is 2.18. The molecular weight excluding hydrogens is 258 g/mol. The van der Waals surface area contributed by atoms with Crippen LogP contribution in [-0.2, 0) is 21.2 Å². The lowest BCUT2D eigenvalue weighted by Gasteiger charge is -2.08. The summed E-state index contributed by atoms with van der Waals surface area (Å²) in [6.45, 7) is 1.36. The Hall–Kier alpha value is -1.89. The van der Waals surface area contributed by atoms with Gasteiger partial charge in [-0.25, -0.2) is 13.2 Å². The number of carbonyl (C=O) groups is 2. The molecule has 0 aliphatic heterocycles. The Balaban J connectivity index is 3.19. The average Bonchev–Trinajstić information content (AvgIpc) is 2.17. The summed E-state index contributed by atoms with van der Waals surface area (Å²) in [5.41, 5.74) is 0.426. The maximum Gasteiger partial charge on any atom is 0.336 e. The molecule has 0 unspecified atom stereocenters. The van der Waals surface area contributed by atoms with Crippen LogP contribution in [0.4, 0.5) is 5.69 Å². The highest BCUT2D eigenvalue weighted by molar-refractivity contribution is 7.92. The van der Waals surface area contributed by atoms with Gasteiger partial charge in [0.25, 0.3) is 0 Å². The lowest BCUT2D eigenvalue weighted by atomic mass is 10.0. The number of carboxylic acids is 1. The lowest BCUT2D eigenvalue weighted by molar-refractivity contribution is -0.116. The second kappa shape index (κ2) is 5.18. The van der Waals surface area contributed by atoms with Gasteiger partial charge in [-0.3, -0.25) is 9.52 Å². The van der Waals surface area contributed by atoms with E-state index in [4.69, 9.17) is 5.11 Å². The fraction of sp³-hybridized carbons (Fsp3) is 0.273. The van der Waals surface area contributed by atoms with Gasteiger partial charge in [-0.1, -0.05) is 6.07 Å². The second-order valence-electron chi connectivity index (χ2n) is 3.93. The standard InChI is InChI=1S/C11H13NO5S/c1-7(13)5-8-3-4-9(12-18(2,16)17)6-10(8)11(14)15/h3-4,6,12H,5H2,1-2H3,(H,14,15). The Morgan fingerprint density at radius 3 is 2.39 bits per heavy atom. The highest BCUT2D eigenvalue weighted by Gasteiger charge is 2.13. The van der Waals surface area contributed by atoms with Crippen LogP contribution in [0.3, 0.4) is 0 Å². The average molecular weight is 271 g/mol. The zero-order valence-electron chi connectivity index (χ0n) is 9.93. The van der Waals surface area contributed by atoms with E-state index in [1.807, 2.05) is 0 Å². The van der Waals surface area contributed by atoms with Crippen LogP contribution in [0.5, 0.6) is 0 Å². The van der Waals surface area contributed by atoms with E-state index in [2.05, 4.69) is 4.72 Å². The molecule has 98 valence electrons. The van der Waals surface area contributed by atoms with Gasteiger partial charge in [0.15, 0.2) is 0 Å². The minimum Gasteiger partial charge on any atom is -0.478 e. The van der Waals surface area contributed by atoms with Gasteiger partial charge in [0, 0.05) is 12.1 Å². The topological polar surface area (TPSA) is 101 Å². The molecule has 0 aromatic heterocycles. The predicted octanol–water partition coefficient (Wildman–Crippen LogP) is 0.888. The number of ketones is 1. The first-order valence-electron chi connectivity index (χ1n) is 5.02. The number of hydrogen-bond acceptors (Lipinski definition) is 4. The lowest BCUT2D eigenvalue weighted by Crippen LogP contribution is -2.12. The summed E-state index contributed by atoms with van der Waals surface area (Å²) in [7, 11) is -3.47. The van der Waals surface area contributed by atoms with E-state index in [-0.39, 0.29) is 23.5 Å². The number of carboxylic acid groups (broad SMARTS) is 1. The van der Waals surface area contributed by atoms with Crippen molar-refractivity contribution in [2.45, 2.75) is 13.3 Å². The van der Waals surface area contributed by atoms with Gasteiger partial charge in [0.2, 0.25) is 10.0 Å². The third kappa shape index (κ3) is 4.17. The molecule has 6 nitrogen and oxygen atoms in total. The van der Waals surface area contributed by atoms with E-state index in [1.54, 1.807) is 0 Å². The molecule has 0 amide bonds. The fourth-order valence-corrected chi connectivity index (χ4v) is 2.03. The van der Waals surface area contributed by atoms with Crippen LogP contribution in [-0.4, -0.2) is 31.5 Å². The Morgan fingerprint density at radius 2 is 1.94 bits per heavy atom. The van der Waals surface area contributed by atoms with Crippen LogP contribution in [0.25, 0.3) is 0 Å². The summed E-state index contributed by atoms with van der Waals surface area (Å²) in [6, 6.07) is 4.05. The van der Waals surface area contributed by atoms with Crippen molar-refractivity contribution in [2.24, 2.45) is 0 Å². The van der Waals surface area contributed by atoms with Crippen molar-refractivity contribution in [1.29, 1.82) is 0 Å². The van der Waals surface area contributed by atoms with Crippen molar-refractivity contribution in [3.63, 3.8) is 0 Å². The van der Waals surface area contributed by atoms with E-state index < -0.39 is 16.0 Å². The molecule has 0 atom stereocenters. The molecule has 1 aromatic carbocycles. The first-order chi connectivity index (χ1) is 8.19. The summed E-state index contributed by atoms with van der Waals surface area (Å²) >= 11 is 0. The van der Waals surface area contributed by atoms with E-state index in [9.17, 15) is 18.0 Å². The molecule has 0 heterocycles. The number of sulfonamides is 1. The number of benzene rings is 1. The Labute approximate surface area is 105 Å². The Morgan fingerprint density at radius 1 is 1.33 bits per heavy atom. The van der Waals surface area contributed by atoms with E-state index >= 15 is 0 Å². The van der Waals surface area contributed by atoms with Gasteiger partial charge in [-0.2, -0.15) is 0 Å². The molecule has 7 heteroatoms. The molecule has 0 saturated heterocycles. The van der Waals surface area contributed by atoms with Gasteiger partial charge >= 0.3 is 5.97 Å². The van der Waals surface area contributed by atoms with Gasteiger partial charge < -0.3 is 5.11 Å². The van der Waals surface area contributed by atoms with Crippen LogP contribution >= 0.6 is 0 Å². The number of hydrogen-bond donors (Lipinski definition) is 2. The van der Waals surface area contributed by atoms with Gasteiger partial charge in [0.05, 0.1) is 11.8 Å². The summed E-state index contributed by atoms with van der Waals surface area (Å²) in [4.78, 5) is 22.0. The molecule has 0 radical (unpaired) electrons. The molecule has 0 aliphatic rings. The molecule has 0 bridgehead atoms. The smallest absolute Gasteiger partial charge is 0.336 e. The minimum absolute atomic E-state index is 0.000782. The number of nitrogens with one attached hydrogen (secondary N) is 1. The van der Waals surface area contributed by atoms with Crippen molar-refractivity contribution >= 4 is 27.5 Å². The normalized spacial score (nSPS) is 11.0. The first-order valence-corrected chi connectivity index (χ1v) is 6.91. The Kier molecular flexibility index (Phi) is 4.07. The zero-order valence-corrected chi connectivity index (χ0v) is 10.7. The second-order valence-corrected chi connectivity index (χ2v) is 5.68. The van der Waals surface area contributed by atoms with Gasteiger partial charge in [0.1, 0.15) is 5.78 Å². The van der Waals surface area contributed by atoms with Gasteiger partial charge in [-0.05, 0) is 24.6 Å². The quantitative estimate of drug-likeness (QED) is 0.828. The van der Waals surface area contributed by atoms with Crippen molar-refractivity contribution in [3.05, 3.63) is 29.3 Å². The molecule has 0 spiro atoms. The SMILES string of the molecule is CC(=O)Cc1ccc(NS(C)(=O)=O)cc1C(=O)O. The third-order valence-corrected chi connectivity index (χ3v) is 2.69. The minimum atomic E-state index is -3.47. The molecule has 1 aromatic rings. The summed E-state index contributed by atoms with van der Waals surface area (Å²) in [6.07, 6.45) is 0.970. The molecule has 18 heavy (non-hydrogen) atoms. The molecule has 2 N–H and O–H groups in total. The molecule has 0 aliphatic carbocycles. The van der Waals surface area contributed by atoms with Crippen LogP contribution in [0.15, 0.2) is 18.2 Å². The Bertz CT molecular complexity index is 591. The largest absolute Gasteiger partial charge is 0.478 e. The monoisotopic (exact) mass is 271 g/mol. The highest BCUT2D eigenvalue weighted by atomic mass is 32.2. The first kappa shape index (κ1) is 14.2. The van der Waals surface area contributed by atoms with Crippen LogP contribution in [0, 0.1) is 0 Å². The molecule has 0 fully saturated rings. The van der Waals surface area contributed by atoms with E-state index in [0.717, 1.165) is 6.26 Å². The fourth-order valence-electron chi connectivity index (χ4n) is 1.48. The summed E-state index contributed by atoms with van der Waals surface area (Å²) in [5, 5.41) is 9.01. The molecule has 1 rings (SSSR count). The number of aromatic carboxylic acids is 1. The maximum absolute atomic E-state index is 11.0. The van der Waals surface area contributed by atoms with Crippen molar-refractivity contribution < 1.29 is 23.1 Å². The summed E-state index contributed by atoms with van der Waals surface area (Å²) < 4.78 is 24.2. The number of Topliss-reactive ketones (excluding diaryl/α,β-unsaturated/α-hetero) is 1. The van der Waals surface area contributed by atoms with Crippen molar-refractivity contribution in [1.82, 2.24) is 0 Å². The predicted molar refractivity (Wildman–Crippen MR) is 66.3 cm³/mol. The molecular formula is C11H13NO5S. The number of carbonyl (C=O) groups excluding carboxylic acids is 1. The van der Waals surface area contributed by atoms with E-state index in [1.165, 1.54) is 25.1 Å². The van der Waals surface area contributed by atoms with Crippen LogP contribution < -0.4 is 4.72 Å². The maximum atomic E-state index is 11.0.